The molecule has 3 N–H and O–H groups in total. The van der Waals surface area contributed by atoms with E-state index in [1.807, 2.05) is 39.0 Å². The van der Waals surface area contributed by atoms with Gasteiger partial charge in [-0.2, -0.15) is 0 Å². The van der Waals surface area contributed by atoms with Gasteiger partial charge in [0.05, 0.1) is 0 Å². The number of amides is 3. The van der Waals surface area contributed by atoms with Crippen molar-refractivity contribution in [1.29, 1.82) is 0 Å². The lowest BCUT2D eigenvalue weighted by Crippen LogP contribution is -2.54. The molecule has 0 spiro atoms. The molecule has 0 heterocycles. The second-order valence-corrected chi connectivity index (χ2v) is 11.0. The highest BCUT2D eigenvalue weighted by molar-refractivity contribution is 5.92. The fourth-order valence-electron chi connectivity index (χ4n) is 4.50. The van der Waals surface area contributed by atoms with Gasteiger partial charge >= 0.3 is 6.09 Å². The quantitative estimate of drug-likeness (QED) is 0.316. The fraction of sp³-hybridized carbons (Fsp3) is 0.516. The summed E-state index contributed by atoms with van der Waals surface area (Å²) < 4.78 is 5.47. The second kappa shape index (κ2) is 14.6. The van der Waals surface area contributed by atoms with Crippen molar-refractivity contribution in [2.45, 2.75) is 91.8 Å². The van der Waals surface area contributed by atoms with Crippen LogP contribution in [0, 0.1) is 13.8 Å². The predicted octanol–water partition coefficient (Wildman–Crippen LogP) is 5.34. The molecular weight excluding hydrogens is 494 g/mol. The number of ether oxygens (including phenoxy) is 1. The molecule has 0 saturated carbocycles. The van der Waals surface area contributed by atoms with Gasteiger partial charge in [-0.3, -0.25) is 9.59 Å². The molecule has 0 radical (unpaired) electrons. The third-order valence-electron chi connectivity index (χ3n) is 6.32. The summed E-state index contributed by atoms with van der Waals surface area (Å²) in [6, 6.07) is 10.4. The Morgan fingerprint density at radius 3 is 2.13 bits per heavy atom. The minimum absolute atomic E-state index is 0.105. The van der Waals surface area contributed by atoms with Crippen LogP contribution in [0.25, 0.3) is 0 Å². The minimum atomic E-state index is -0.994. The normalized spacial score (nSPS) is 12.8. The zero-order valence-corrected chi connectivity index (χ0v) is 24.5. The summed E-state index contributed by atoms with van der Waals surface area (Å²) in [7, 11) is 0. The van der Waals surface area contributed by atoms with E-state index in [4.69, 9.17) is 4.74 Å². The Hall–Kier alpha value is -3.55. The average Bonchev–Trinajstić information content (AvgIpc) is 2.85. The Labute approximate surface area is 233 Å². The molecule has 0 aromatic heterocycles. The van der Waals surface area contributed by atoms with Crippen LogP contribution in [0.3, 0.4) is 0 Å². The van der Waals surface area contributed by atoms with Crippen molar-refractivity contribution < 1.29 is 24.2 Å². The van der Waals surface area contributed by atoms with E-state index in [1.54, 1.807) is 37.8 Å². The maximum Gasteiger partial charge on any atom is 0.408 e. The molecule has 2 unspecified atom stereocenters. The Balaban J connectivity index is 2.56. The van der Waals surface area contributed by atoms with E-state index < -0.39 is 23.8 Å². The van der Waals surface area contributed by atoms with Gasteiger partial charge in [-0.05, 0) is 81.8 Å². The number of hydrogen-bond acceptors (Lipinski definition) is 5. The number of aryl methyl sites for hydroxylation is 2. The molecule has 0 saturated heterocycles. The number of phenolic OH excluding ortho intramolecular Hbond substituents is 1. The molecule has 2 atom stereocenters. The molecule has 2 aromatic carbocycles. The number of nitrogens with zero attached hydrogens (tertiary/aromatic N) is 1. The summed E-state index contributed by atoms with van der Waals surface area (Å²) in [6.45, 7) is 14.0. The second-order valence-electron chi connectivity index (χ2n) is 11.0. The van der Waals surface area contributed by atoms with E-state index in [1.165, 1.54) is 12.1 Å². The molecule has 0 fully saturated rings. The number of phenols is 1. The zero-order valence-electron chi connectivity index (χ0n) is 24.5. The van der Waals surface area contributed by atoms with Crippen molar-refractivity contribution in [3.05, 3.63) is 64.7 Å². The van der Waals surface area contributed by atoms with Gasteiger partial charge in [-0.15, -0.1) is 0 Å². The highest BCUT2D eigenvalue weighted by Gasteiger charge is 2.37. The number of hydrogen-bond donors (Lipinski definition) is 3. The number of carbonyl (C=O) groups is 3. The van der Waals surface area contributed by atoms with Gasteiger partial charge in [0, 0.05) is 19.5 Å². The van der Waals surface area contributed by atoms with Gasteiger partial charge in [0.2, 0.25) is 11.8 Å². The van der Waals surface area contributed by atoms with Crippen LogP contribution in [-0.4, -0.2) is 52.6 Å². The summed E-state index contributed by atoms with van der Waals surface area (Å²) in [5, 5.41) is 15.5. The number of nitrogens with one attached hydrogen (secondary N) is 2. The molecule has 39 heavy (non-hydrogen) atoms. The highest BCUT2D eigenvalue weighted by atomic mass is 16.6. The Kier molecular flexibility index (Phi) is 11.8. The summed E-state index contributed by atoms with van der Waals surface area (Å²) >= 11 is 0. The summed E-state index contributed by atoms with van der Waals surface area (Å²) in [4.78, 5) is 42.4. The third kappa shape index (κ3) is 9.61. The summed E-state index contributed by atoms with van der Waals surface area (Å²) in [6.07, 6.45) is 1.83. The first kappa shape index (κ1) is 31.7. The van der Waals surface area contributed by atoms with Crippen LogP contribution in [0.5, 0.6) is 5.75 Å². The number of aromatic hydroxyl groups is 1. The number of unbranched alkanes of at least 4 members (excludes halogenated alkanes) is 1. The van der Waals surface area contributed by atoms with Gasteiger partial charge in [0.25, 0.3) is 0 Å². The average molecular weight is 540 g/mol. The van der Waals surface area contributed by atoms with Gasteiger partial charge in [0.1, 0.15) is 23.4 Å². The number of rotatable bonds is 12. The van der Waals surface area contributed by atoms with Gasteiger partial charge in [-0.25, -0.2) is 4.79 Å². The number of carbonyl (C=O) groups excluding carboxylic acids is 3. The first-order valence-electron chi connectivity index (χ1n) is 13.8. The Morgan fingerprint density at radius 1 is 0.974 bits per heavy atom. The van der Waals surface area contributed by atoms with E-state index in [0.29, 0.717) is 19.5 Å². The van der Waals surface area contributed by atoms with E-state index in [-0.39, 0.29) is 24.0 Å². The van der Waals surface area contributed by atoms with Crippen molar-refractivity contribution >= 4 is 17.9 Å². The Morgan fingerprint density at radius 2 is 1.59 bits per heavy atom. The van der Waals surface area contributed by atoms with E-state index in [9.17, 15) is 19.5 Å². The Bertz CT molecular complexity index is 1090. The van der Waals surface area contributed by atoms with Crippen molar-refractivity contribution in [3.63, 3.8) is 0 Å². The van der Waals surface area contributed by atoms with Crippen LogP contribution in [0.4, 0.5) is 4.79 Å². The van der Waals surface area contributed by atoms with E-state index >= 15 is 0 Å². The van der Waals surface area contributed by atoms with E-state index in [0.717, 1.165) is 35.1 Å². The van der Waals surface area contributed by atoms with Crippen molar-refractivity contribution in [1.82, 2.24) is 15.5 Å². The minimum Gasteiger partial charge on any atom is -0.508 e. The van der Waals surface area contributed by atoms with Gasteiger partial charge in [-0.1, -0.05) is 50.6 Å². The van der Waals surface area contributed by atoms with Crippen molar-refractivity contribution in [2.75, 3.05) is 13.1 Å². The monoisotopic (exact) mass is 539 g/mol. The highest BCUT2D eigenvalue weighted by Crippen LogP contribution is 2.29. The number of alkyl carbamates (subject to hydrolysis) is 1. The first-order chi connectivity index (χ1) is 18.4. The first-order valence-corrected chi connectivity index (χ1v) is 13.8. The van der Waals surface area contributed by atoms with Crippen LogP contribution >= 0.6 is 0 Å². The van der Waals surface area contributed by atoms with Crippen LogP contribution < -0.4 is 10.6 Å². The molecule has 0 aliphatic rings. The lowest BCUT2D eigenvalue weighted by atomic mass is 9.93. The van der Waals surface area contributed by atoms with Crippen LogP contribution in [0.2, 0.25) is 0 Å². The summed E-state index contributed by atoms with van der Waals surface area (Å²) in [5.41, 5.74) is 2.60. The lowest BCUT2D eigenvalue weighted by molar-refractivity contribution is -0.142. The number of benzene rings is 2. The molecule has 214 valence electrons. The van der Waals surface area contributed by atoms with E-state index in [2.05, 4.69) is 17.6 Å². The molecule has 8 nitrogen and oxygen atoms in total. The maximum atomic E-state index is 14.3. The van der Waals surface area contributed by atoms with Gasteiger partial charge < -0.3 is 25.4 Å². The molecule has 3 amide bonds. The molecule has 8 heteroatoms. The molecule has 2 aromatic rings. The molecular formula is C31H45N3O5. The van der Waals surface area contributed by atoms with Crippen LogP contribution in [0.1, 0.15) is 82.2 Å². The van der Waals surface area contributed by atoms with Crippen molar-refractivity contribution in [3.8, 4) is 5.75 Å². The SMILES string of the molecule is CCCCNC(=O)C(c1c(C)cccc1C)N(CCC)C(=O)C(Cc1ccc(O)cc1)NC(=O)OC(C)(C)C. The fourth-order valence-corrected chi connectivity index (χ4v) is 4.50. The standard InChI is InChI=1S/C31H45N3O5/c1-8-10-18-32-28(36)27(26-21(3)12-11-13-22(26)4)34(19-9-2)29(37)25(33-30(38)39-31(5,6)7)20-23-14-16-24(35)17-15-23/h11-17,25,27,35H,8-10,18-20H2,1-7H3,(H,32,36)(H,33,38). The lowest BCUT2D eigenvalue weighted by Gasteiger charge is -2.35. The molecule has 2 rings (SSSR count). The zero-order chi connectivity index (χ0) is 29.2. The van der Waals surface area contributed by atoms with Crippen LogP contribution in [0.15, 0.2) is 42.5 Å². The largest absolute Gasteiger partial charge is 0.508 e. The summed E-state index contributed by atoms with van der Waals surface area (Å²) in [5.74, 6) is -0.523. The topological polar surface area (TPSA) is 108 Å². The molecule has 0 bridgehead atoms. The smallest absolute Gasteiger partial charge is 0.408 e. The van der Waals surface area contributed by atoms with Gasteiger partial charge in [0.15, 0.2) is 0 Å². The predicted molar refractivity (Wildman–Crippen MR) is 154 cm³/mol. The maximum absolute atomic E-state index is 14.3. The third-order valence-corrected chi connectivity index (χ3v) is 6.32. The van der Waals surface area contributed by atoms with Crippen molar-refractivity contribution in [2.24, 2.45) is 0 Å². The molecule has 0 aliphatic heterocycles. The van der Waals surface area contributed by atoms with Crippen LogP contribution in [-0.2, 0) is 20.7 Å². The molecule has 0 aliphatic carbocycles.